The lowest BCUT2D eigenvalue weighted by atomic mass is 9.64. The van der Waals surface area contributed by atoms with Gasteiger partial charge < -0.3 is 15.5 Å². The Labute approximate surface area is 106 Å². The molecule has 0 bridgehead atoms. The van der Waals surface area contributed by atoms with E-state index in [1.165, 1.54) is 6.42 Å². The summed E-state index contributed by atoms with van der Waals surface area (Å²) < 4.78 is 0. The molecule has 0 amide bonds. The van der Waals surface area contributed by atoms with Crippen LogP contribution in [0.1, 0.15) is 53.9 Å². The second-order valence-electron chi connectivity index (χ2n) is 7.46. The number of aliphatic hydroxyl groups excluding tert-OH is 1. The first-order chi connectivity index (χ1) is 7.58. The zero-order valence-corrected chi connectivity index (χ0v) is 12.0. The third-order valence-corrected chi connectivity index (χ3v) is 3.66. The van der Waals surface area contributed by atoms with Gasteiger partial charge in [0.25, 0.3) is 0 Å². The van der Waals surface area contributed by atoms with Crippen LogP contribution in [-0.2, 0) is 0 Å². The normalized spacial score (nSPS) is 33.7. The number of aliphatic hydroxyl groups is 2. The van der Waals surface area contributed by atoms with Crippen molar-refractivity contribution in [3.63, 3.8) is 0 Å². The van der Waals surface area contributed by atoms with Gasteiger partial charge in [0.2, 0.25) is 0 Å². The highest BCUT2D eigenvalue weighted by Crippen LogP contribution is 2.43. The van der Waals surface area contributed by atoms with Crippen LogP contribution in [0, 0.1) is 11.3 Å². The smallest absolute Gasteiger partial charge is 0.0715 e. The first kappa shape index (κ1) is 14.9. The predicted molar refractivity (Wildman–Crippen MR) is 70.9 cm³/mol. The quantitative estimate of drug-likeness (QED) is 0.707. The van der Waals surface area contributed by atoms with E-state index in [0.717, 1.165) is 12.8 Å². The van der Waals surface area contributed by atoms with Crippen LogP contribution in [0.5, 0.6) is 0 Å². The fourth-order valence-electron chi connectivity index (χ4n) is 3.46. The minimum atomic E-state index is -0.729. The van der Waals surface area contributed by atoms with Crippen molar-refractivity contribution < 1.29 is 10.2 Å². The number of rotatable bonds is 4. The van der Waals surface area contributed by atoms with Gasteiger partial charge in [-0.3, -0.25) is 0 Å². The maximum absolute atomic E-state index is 9.81. The molecular formula is C14H29NO2. The molecule has 1 aliphatic rings. The molecule has 102 valence electrons. The molecule has 1 saturated carbocycles. The Hall–Kier alpha value is -0.120. The van der Waals surface area contributed by atoms with Crippen LogP contribution >= 0.6 is 0 Å². The highest BCUT2D eigenvalue weighted by molar-refractivity contribution is 4.99. The van der Waals surface area contributed by atoms with E-state index >= 15 is 0 Å². The Morgan fingerprint density at radius 1 is 1.29 bits per heavy atom. The van der Waals surface area contributed by atoms with Gasteiger partial charge in [0.05, 0.1) is 12.2 Å². The first-order valence-electron chi connectivity index (χ1n) is 6.66. The molecule has 0 aromatic rings. The lowest BCUT2D eigenvalue weighted by Gasteiger charge is -2.48. The minimum Gasteiger partial charge on any atom is -0.394 e. The van der Waals surface area contributed by atoms with E-state index in [0.29, 0.717) is 12.5 Å². The second kappa shape index (κ2) is 4.87. The van der Waals surface area contributed by atoms with Gasteiger partial charge in [0.15, 0.2) is 0 Å². The lowest BCUT2D eigenvalue weighted by molar-refractivity contribution is 0.0102. The summed E-state index contributed by atoms with van der Waals surface area (Å²) in [6.07, 6.45) is 3.17. The van der Waals surface area contributed by atoms with Gasteiger partial charge in [-0.05, 0) is 44.4 Å². The van der Waals surface area contributed by atoms with Crippen LogP contribution in [0.4, 0.5) is 0 Å². The molecule has 3 heteroatoms. The molecule has 1 fully saturated rings. The fourth-order valence-corrected chi connectivity index (χ4v) is 3.46. The van der Waals surface area contributed by atoms with Gasteiger partial charge in [0.1, 0.15) is 0 Å². The van der Waals surface area contributed by atoms with Crippen molar-refractivity contribution in [1.82, 2.24) is 5.32 Å². The first-order valence-corrected chi connectivity index (χ1v) is 6.66. The third kappa shape index (κ3) is 4.57. The highest BCUT2D eigenvalue weighted by Gasteiger charge is 2.42. The molecule has 3 nitrogen and oxygen atoms in total. The van der Waals surface area contributed by atoms with Gasteiger partial charge in [-0.1, -0.05) is 20.8 Å². The minimum absolute atomic E-state index is 0.150. The van der Waals surface area contributed by atoms with Crippen molar-refractivity contribution >= 4 is 0 Å². The van der Waals surface area contributed by atoms with Gasteiger partial charge in [-0.15, -0.1) is 0 Å². The number of nitrogens with one attached hydrogen (secondary N) is 1. The molecule has 3 N–H and O–H groups in total. The van der Waals surface area contributed by atoms with E-state index in [9.17, 15) is 10.2 Å². The predicted octanol–water partition coefficient (Wildman–Crippen LogP) is 1.92. The summed E-state index contributed by atoms with van der Waals surface area (Å²) in [5.41, 5.74) is -0.693. The Balaban J connectivity index is 2.73. The molecular weight excluding hydrogens is 214 g/mol. The summed E-state index contributed by atoms with van der Waals surface area (Å²) in [5, 5.41) is 23.0. The van der Waals surface area contributed by atoms with Crippen molar-refractivity contribution in [2.75, 3.05) is 13.2 Å². The SMILES string of the molecule is CC1CC(C)(C)CC(CO)(NCC(C)(C)O)C1. The molecule has 0 saturated heterocycles. The maximum Gasteiger partial charge on any atom is 0.0715 e. The van der Waals surface area contributed by atoms with Gasteiger partial charge in [-0.2, -0.15) is 0 Å². The molecule has 0 aromatic heterocycles. The average molecular weight is 243 g/mol. The van der Waals surface area contributed by atoms with Crippen LogP contribution in [0.3, 0.4) is 0 Å². The van der Waals surface area contributed by atoms with Crippen molar-refractivity contribution in [3.8, 4) is 0 Å². The highest BCUT2D eigenvalue weighted by atomic mass is 16.3. The summed E-state index contributed by atoms with van der Waals surface area (Å²) in [5.74, 6) is 0.611. The van der Waals surface area contributed by atoms with Crippen LogP contribution in [-0.4, -0.2) is 34.5 Å². The van der Waals surface area contributed by atoms with E-state index < -0.39 is 5.60 Å². The summed E-state index contributed by atoms with van der Waals surface area (Å²) in [6, 6.07) is 0. The van der Waals surface area contributed by atoms with Crippen molar-refractivity contribution in [2.24, 2.45) is 11.3 Å². The average Bonchev–Trinajstić information content (AvgIpc) is 2.10. The van der Waals surface area contributed by atoms with Crippen molar-refractivity contribution in [2.45, 2.75) is 65.0 Å². The maximum atomic E-state index is 9.81. The summed E-state index contributed by atoms with van der Waals surface area (Å²) in [4.78, 5) is 0. The zero-order valence-electron chi connectivity index (χ0n) is 12.0. The zero-order chi connectivity index (χ0) is 13.3. The molecule has 0 spiro atoms. The molecule has 2 atom stereocenters. The van der Waals surface area contributed by atoms with E-state index in [1.807, 2.05) is 0 Å². The standard InChI is InChI=1S/C14H29NO2/c1-11-6-12(2,3)8-14(7-11,10-16)15-9-13(4,5)17/h11,15-17H,6-10H2,1-5H3. The van der Waals surface area contributed by atoms with Crippen LogP contribution in [0.2, 0.25) is 0 Å². The van der Waals surface area contributed by atoms with Crippen molar-refractivity contribution in [3.05, 3.63) is 0 Å². The van der Waals surface area contributed by atoms with E-state index in [-0.39, 0.29) is 17.6 Å². The molecule has 0 radical (unpaired) electrons. The Morgan fingerprint density at radius 2 is 1.88 bits per heavy atom. The van der Waals surface area contributed by atoms with E-state index in [2.05, 4.69) is 26.1 Å². The Kier molecular flexibility index (Phi) is 4.28. The lowest BCUT2D eigenvalue weighted by Crippen LogP contribution is -2.58. The molecule has 17 heavy (non-hydrogen) atoms. The van der Waals surface area contributed by atoms with Gasteiger partial charge in [-0.25, -0.2) is 0 Å². The second-order valence-corrected chi connectivity index (χ2v) is 7.46. The number of hydrogen-bond donors (Lipinski definition) is 3. The third-order valence-electron chi connectivity index (χ3n) is 3.66. The summed E-state index contributed by atoms with van der Waals surface area (Å²) in [6.45, 7) is 11.0. The summed E-state index contributed by atoms with van der Waals surface area (Å²) in [7, 11) is 0. The van der Waals surface area contributed by atoms with Gasteiger partial charge >= 0.3 is 0 Å². The van der Waals surface area contributed by atoms with Crippen LogP contribution in [0.25, 0.3) is 0 Å². The van der Waals surface area contributed by atoms with Gasteiger partial charge in [0, 0.05) is 12.1 Å². The molecule has 2 unspecified atom stereocenters. The van der Waals surface area contributed by atoms with E-state index in [4.69, 9.17) is 0 Å². The largest absolute Gasteiger partial charge is 0.394 e. The molecule has 1 aliphatic carbocycles. The monoisotopic (exact) mass is 243 g/mol. The van der Waals surface area contributed by atoms with Crippen molar-refractivity contribution in [1.29, 1.82) is 0 Å². The van der Waals surface area contributed by atoms with E-state index in [1.54, 1.807) is 13.8 Å². The Bertz CT molecular complexity index is 257. The number of hydrogen-bond acceptors (Lipinski definition) is 3. The molecule has 0 heterocycles. The topological polar surface area (TPSA) is 52.5 Å². The van der Waals surface area contributed by atoms with Crippen LogP contribution in [0.15, 0.2) is 0 Å². The molecule has 0 aliphatic heterocycles. The fraction of sp³-hybridized carbons (Fsp3) is 1.00. The molecule has 1 rings (SSSR count). The molecule has 0 aromatic carbocycles. The van der Waals surface area contributed by atoms with Crippen LogP contribution < -0.4 is 5.32 Å². The Morgan fingerprint density at radius 3 is 2.29 bits per heavy atom. The summed E-state index contributed by atoms with van der Waals surface area (Å²) >= 11 is 0. The number of β-amino-alcohol motifs (C(OH)–C–C–N with tert-alkyl or cyclic N) is 1.